The Hall–Kier alpha value is -2.40. The summed E-state index contributed by atoms with van der Waals surface area (Å²) in [4.78, 5) is 0. The van der Waals surface area contributed by atoms with Crippen molar-refractivity contribution in [2.24, 2.45) is 5.73 Å². The van der Waals surface area contributed by atoms with Crippen molar-refractivity contribution in [3.63, 3.8) is 0 Å². The molecule has 2 heterocycles. The minimum atomic E-state index is -0.422. The van der Waals surface area contributed by atoms with Crippen LogP contribution in [-0.2, 0) is 0 Å². The molecule has 5 nitrogen and oxygen atoms in total. The van der Waals surface area contributed by atoms with Crippen LogP contribution < -0.4 is 5.73 Å². The second-order valence-corrected chi connectivity index (χ2v) is 4.22. The highest BCUT2D eigenvalue weighted by Crippen LogP contribution is 2.25. The van der Waals surface area contributed by atoms with Crippen molar-refractivity contribution in [1.82, 2.24) is 10.2 Å². The molecule has 1 atom stereocenters. The summed E-state index contributed by atoms with van der Waals surface area (Å²) in [7, 11) is 0. The van der Waals surface area contributed by atoms with Crippen molar-refractivity contribution in [3.05, 3.63) is 59.9 Å². The van der Waals surface area contributed by atoms with Crippen molar-refractivity contribution in [1.29, 1.82) is 0 Å². The van der Waals surface area contributed by atoms with Crippen molar-refractivity contribution >= 4 is 0 Å². The van der Waals surface area contributed by atoms with E-state index in [0.29, 0.717) is 11.8 Å². The van der Waals surface area contributed by atoms with Crippen LogP contribution in [0.2, 0.25) is 0 Å². The SMILES string of the molecule is Cc1occc1-c1nnc(C(N)c2ccccc2)o1. The van der Waals surface area contributed by atoms with Gasteiger partial charge in [-0.05, 0) is 18.6 Å². The number of furan rings is 1. The molecule has 5 heteroatoms. The fraction of sp³-hybridized carbons (Fsp3) is 0.143. The lowest BCUT2D eigenvalue weighted by atomic mass is 10.1. The summed E-state index contributed by atoms with van der Waals surface area (Å²) in [6.07, 6.45) is 1.59. The lowest BCUT2D eigenvalue weighted by molar-refractivity contribution is 0.481. The van der Waals surface area contributed by atoms with Crippen molar-refractivity contribution in [3.8, 4) is 11.5 Å². The second kappa shape index (κ2) is 4.70. The van der Waals surface area contributed by atoms with Gasteiger partial charge in [0, 0.05) is 0 Å². The molecule has 0 fully saturated rings. The first-order chi connectivity index (χ1) is 9.25. The van der Waals surface area contributed by atoms with Crippen LogP contribution in [0.25, 0.3) is 11.5 Å². The Kier molecular flexibility index (Phi) is 2.89. The van der Waals surface area contributed by atoms with E-state index in [2.05, 4.69) is 10.2 Å². The third-order valence-electron chi connectivity index (χ3n) is 2.95. The van der Waals surface area contributed by atoms with E-state index in [1.807, 2.05) is 37.3 Å². The largest absolute Gasteiger partial charge is 0.469 e. The highest BCUT2D eigenvalue weighted by atomic mass is 16.4. The van der Waals surface area contributed by atoms with Crippen LogP contribution in [0.15, 0.2) is 51.5 Å². The first kappa shape index (κ1) is 11.7. The lowest BCUT2D eigenvalue weighted by Crippen LogP contribution is -2.11. The van der Waals surface area contributed by atoms with E-state index in [-0.39, 0.29) is 0 Å². The van der Waals surface area contributed by atoms with Gasteiger partial charge in [-0.2, -0.15) is 0 Å². The van der Waals surface area contributed by atoms with Gasteiger partial charge in [0.2, 0.25) is 5.89 Å². The first-order valence-corrected chi connectivity index (χ1v) is 5.94. The Balaban J connectivity index is 1.92. The Labute approximate surface area is 110 Å². The van der Waals surface area contributed by atoms with Crippen molar-refractivity contribution in [2.75, 3.05) is 0 Å². The molecule has 3 aromatic rings. The summed E-state index contributed by atoms with van der Waals surface area (Å²) < 4.78 is 10.8. The highest BCUT2D eigenvalue weighted by molar-refractivity contribution is 5.54. The number of nitrogens with two attached hydrogens (primary N) is 1. The summed E-state index contributed by atoms with van der Waals surface area (Å²) in [5.74, 6) is 1.55. The Morgan fingerprint density at radius 1 is 1.11 bits per heavy atom. The van der Waals surface area contributed by atoms with Gasteiger partial charge in [0.05, 0.1) is 11.8 Å². The van der Waals surface area contributed by atoms with Crippen LogP contribution >= 0.6 is 0 Å². The van der Waals surface area contributed by atoms with E-state index in [0.717, 1.165) is 16.9 Å². The third-order valence-corrected chi connectivity index (χ3v) is 2.95. The molecule has 0 amide bonds. The number of benzene rings is 1. The summed E-state index contributed by atoms with van der Waals surface area (Å²) in [6.45, 7) is 1.84. The molecular formula is C14H13N3O2. The van der Waals surface area contributed by atoms with Crippen LogP contribution in [0.4, 0.5) is 0 Å². The Morgan fingerprint density at radius 2 is 1.89 bits per heavy atom. The molecule has 1 unspecified atom stereocenters. The van der Waals surface area contributed by atoms with Gasteiger partial charge in [0.25, 0.3) is 5.89 Å². The Morgan fingerprint density at radius 3 is 2.58 bits per heavy atom. The zero-order valence-corrected chi connectivity index (χ0v) is 10.4. The van der Waals surface area contributed by atoms with Crippen LogP contribution in [0.3, 0.4) is 0 Å². The third kappa shape index (κ3) is 2.15. The van der Waals surface area contributed by atoms with Gasteiger partial charge >= 0.3 is 0 Å². The molecule has 2 N–H and O–H groups in total. The quantitative estimate of drug-likeness (QED) is 0.778. The maximum atomic E-state index is 6.10. The molecule has 0 aliphatic rings. The minimum absolute atomic E-state index is 0.391. The number of rotatable bonds is 3. The van der Waals surface area contributed by atoms with Crippen LogP contribution in [-0.4, -0.2) is 10.2 Å². The maximum Gasteiger partial charge on any atom is 0.251 e. The number of aryl methyl sites for hydroxylation is 1. The molecule has 0 spiro atoms. The highest BCUT2D eigenvalue weighted by Gasteiger charge is 2.18. The standard InChI is InChI=1S/C14H13N3O2/c1-9-11(7-8-18-9)13-16-17-14(19-13)12(15)10-5-3-2-4-6-10/h2-8,12H,15H2,1H3. The number of nitrogens with zero attached hydrogens (tertiary/aromatic N) is 2. The molecule has 0 bridgehead atoms. The molecule has 0 saturated carbocycles. The molecule has 2 aromatic heterocycles. The fourth-order valence-corrected chi connectivity index (χ4v) is 1.88. The normalized spacial score (nSPS) is 12.5. The van der Waals surface area contributed by atoms with E-state index in [1.165, 1.54) is 0 Å². The van der Waals surface area contributed by atoms with Crippen LogP contribution in [0.1, 0.15) is 23.3 Å². The maximum absolute atomic E-state index is 6.10. The smallest absolute Gasteiger partial charge is 0.251 e. The second-order valence-electron chi connectivity index (χ2n) is 4.22. The number of hydrogen-bond acceptors (Lipinski definition) is 5. The van der Waals surface area contributed by atoms with Gasteiger partial charge in [-0.3, -0.25) is 0 Å². The summed E-state index contributed by atoms with van der Waals surface area (Å²) in [5, 5.41) is 8.02. The fourth-order valence-electron chi connectivity index (χ4n) is 1.88. The van der Waals surface area contributed by atoms with Gasteiger partial charge in [-0.25, -0.2) is 0 Å². The zero-order chi connectivity index (χ0) is 13.2. The van der Waals surface area contributed by atoms with Gasteiger partial charge < -0.3 is 14.6 Å². The average Bonchev–Trinajstić information content (AvgIpc) is 3.07. The molecule has 19 heavy (non-hydrogen) atoms. The van der Waals surface area contributed by atoms with E-state index < -0.39 is 6.04 Å². The number of aromatic nitrogens is 2. The average molecular weight is 255 g/mol. The molecule has 0 saturated heterocycles. The van der Waals surface area contributed by atoms with Crippen LogP contribution in [0, 0.1) is 6.92 Å². The molecule has 0 aliphatic carbocycles. The van der Waals surface area contributed by atoms with E-state index >= 15 is 0 Å². The molecule has 3 rings (SSSR count). The lowest BCUT2D eigenvalue weighted by Gasteiger charge is -2.06. The Bertz CT molecular complexity index is 673. The van der Waals surface area contributed by atoms with Gasteiger partial charge in [-0.1, -0.05) is 30.3 Å². The minimum Gasteiger partial charge on any atom is -0.469 e. The molecule has 1 aromatic carbocycles. The van der Waals surface area contributed by atoms with Gasteiger partial charge in [0.15, 0.2) is 0 Å². The summed E-state index contributed by atoms with van der Waals surface area (Å²) in [5.41, 5.74) is 7.82. The molecule has 0 aliphatic heterocycles. The number of hydrogen-bond donors (Lipinski definition) is 1. The first-order valence-electron chi connectivity index (χ1n) is 5.94. The van der Waals surface area contributed by atoms with Crippen molar-refractivity contribution < 1.29 is 8.83 Å². The van der Waals surface area contributed by atoms with E-state index in [1.54, 1.807) is 12.3 Å². The van der Waals surface area contributed by atoms with Gasteiger partial charge in [-0.15, -0.1) is 10.2 Å². The summed E-state index contributed by atoms with van der Waals surface area (Å²) in [6, 6.07) is 11.0. The molecule has 96 valence electrons. The molecule has 0 radical (unpaired) electrons. The van der Waals surface area contributed by atoms with Crippen molar-refractivity contribution in [2.45, 2.75) is 13.0 Å². The predicted octanol–water partition coefficient (Wildman–Crippen LogP) is 2.69. The van der Waals surface area contributed by atoms with E-state index in [4.69, 9.17) is 14.6 Å². The van der Waals surface area contributed by atoms with Crippen LogP contribution in [0.5, 0.6) is 0 Å². The predicted molar refractivity (Wildman–Crippen MR) is 69.2 cm³/mol. The van der Waals surface area contributed by atoms with Gasteiger partial charge in [0.1, 0.15) is 11.8 Å². The van der Waals surface area contributed by atoms with E-state index in [9.17, 15) is 0 Å². The monoisotopic (exact) mass is 255 g/mol. The zero-order valence-electron chi connectivity index (χ0n) is 10.4. The topological polar surface area (TPSA) is 78.1 Å². The molecular weight excluding hydrogens is 242 g/mol. The summed E-state index contributed by atoms with van der Waals surface area (Å²) >= 11 is 0.